The molecule has 0 spiro atoms. The fourth-order valence-electron chi connectivity index (χ4n) is 2.57. The van der Waals surface area contributed by atoms with E-state index in [1.165, 1.54) is 6.92 Å². The fraction of sp³-hybridized carbons (Fsp3) is 0.786. The lowest BCUT2D eigenvalue weighted by atomic mass is 9.93. The average Bonchev–Trinajstić information content (AvgIpc) is 2.83. The number of hydrogen-bond acceptors (Lipinski definition) is 6. The van der Waals surface area contributed by atoms with Gasteiger partial charge in [-0.15, -0.1) is 0 Å². The van der Waals surface area contributed by atoms with Gasteiger partial charge in [0.25, 0.3) is 0 Å². The second-order valence-corrected chi connectivity index (χ2v) is 5.58. The molecule has 0 N–H and O–H groups in total. The molecule has 2 atom stereocenters. The number of aryl methyl sites for hydroxylation is 1. The van der Waals surface area contributed by atoms with E-state index in [-0.39, 0.29) is 22.1 Å². The number of rotatable bonds is 10. The van der Waals surface area contributed by atoms with E-state index in [1.54, 1.807) is 6.92 Å². The molecule has 8 heteroatoms. The molecule has 0 saturated carbocycles. The van der Waals surface area contributed by atoms with Gasteiger partial charge in [-0.1, -0.05) is 37.8 Å². The highest BCUT2D eigenvalue weighted by Gasteiger charge is 2.38. The molecule has 0 aliphatic heterocycles. The number of hydrogen-bond donors (Lipinski definition) is 0. The summed E-state index contributed by atoms with van der Waals surface area (Å²) in [6.45, 7) is 5.16. The molecule has 0 saturated heterocycles. The second-order valence-electron chi connectivity index (χ2n) is 5.58. The molecule has 1 aromatic heterocycles. The normalized spacial score (nSPS) is 13.8. The summed E-state index contributed by atoms with van der Waals surface area (Å²) in [7, 11) is 0. The Balaban J connectivity index is 2.79. The van der Waals surface area contributed by atoms with Crippen LogP contribution in [0.1, 0.15) is 69.7 Å². The molecule has 0 aliphatic carbocycles. The molecule has 1 heterocycles. The Morgan fingerprint density at radius 2 is 1.82 bits per heavy atom. The van der Waals surface area contributed by atoms with Crippen molar-refractivity contribution in [2.75, 3.05) is 0 Å². The van der Waals surface area contributed by atoms with E-state index in [2.05, 4.69) is 12.1 Å². The summed E-state index contributed by atoms with van der Waals surface area (Å²) in [5.74, 6) is -0.680. The van der Waals surface area contributed by atoms with Gasteiger partial charge in [-0.3, -0.25) is 20.2 Å². The van der Waals surface area contributed by atoms with Crippen LogP contribution >= 0.6 is 0 Å². The van der Waals surface area contributed by atoms with Crippen molar-refractivity contribution in [2.45, 2.75) is 71.3 Å². The van der Waals surface area contributed by atoms with Gasteiger partial charge in [-0.2, -0.15) is 0 Å². The first-order chi connectivity index (χ1) is 10.4. The zero-order valence-corrected chi connectivity index (χ0v) is 13.3. The maximum atomic E-state index is 11.3. The van der Waals surface area contributed by atoms with Crippen molar-refractivity contribution in [3.63, 3.8) is 0 Å². The Labute approximate surface area is 129 Å². The van der Waals surface area contributed by atoms with Gasteiger partial charge in [-0.05, 0) is 20.3 Å². The molecule has 1 rings (SSSR count). The number of unbranched alkanes of at least 4 members (excludes halogenated alkanes) is 4. The predicted octanol–water partition coefficient (Wildman–Crippen LogP) is 4.00. The minimum Gasteiger partial charge on any atom is -0.353 e. The lowest BCUT2D eigenvalue weighted by Gasteiger charge is -2.14. The molecule has 0 aliphatic rings. The summed E-state index contributed by atoms with van der Waals surface area (Å²) in [6, 6.07) is -0.896. The van der Waals surface area contributed by atoms with Gasteiger partial charge < -0.3 is 4.52 Å². The van der Waals surface area contributed by atoms with Crippen molar-refractivity contribution < 1.29 is 14.4 Å². The van der Waals surface area contributed by atoms with Crippen molar-refractivity contribution in [3.8, 4) is 0 Å². The van der Waals surface area contributed by atoms with E-state index < -0.39 is 16.9 Å². The monoisotopic (exact) mass is 313 g/mol. The summed E-state index contributed by atoms with van der Waals surface area (Å²) in [4.78, 5) is 21.4. The van der Waals surface area contributed by atoms with Gasteiger partial charge >= 0.3 is 5.69 Å². The molecule has 0 aromatic carbocycles. The van der Waals surface area contributed by atoms with Crippen LogP contribution in [0.15, 0.2) is 4.52 Å². The standard InChI is InChI=1S/C14H23N3O5/c1-4-5-6-7-8-9-12(16(18)19)10(2)14-13(17(20)21)11(3)15-22-14/h10,12H,4-9H2,1-3H3. The van der Waals surface area contributed by atoms with Gasteiger partial charge in [0.05, 0.1) is 10.8 Å². The Bertz CT molecular complexity index is 515. The third kappa shape index (κ3) is 4.51. The Morgan fingerprint density at radius 1 is 1.18 bits per heavy atom. The molecular formula is C14H23N3O5. The van der Waals surface area contributed by atoms with E-state index in [0.29, 0.717) is 6.42 Å². The molecule has 22 heavy (non-hydrogen) atoms. The highest BCUT2D eigenvalue weighted by atomic mass is 16.6. The molecule has 1 aromatic rings. The molecular weight excluding hydrogens is 290 g/mol. The number of nitro groups is 2. The number of nitrogens with zero attached hydrogens (tertiary/aromatic N) is 3. The SMILES string of the molecule is CCCCCCCC(C(C)c1onc(C)c1[N+](=O)[O-])[N+](=O)[O-]. The first-order valence-corrected chi connectivity index (χ1v) is 7.64. The topological polar surface area (TPSA) is 112 Å². The van der Waals surface area contributed by atoms with Crippen molar-refractivity contribution in [1.29, 1.82) is 0 Å². The van der Waals surface area contributed by atoms with Crippen LogP contribution in [0.2, 0.25) is 0 Å². The largest absolute Gasteiger partial charge is 0.353 e. The minimum absolute atomic E-state index is 0.00208. The molecule has 8 nitrogen and oxygen atoms in total. The van der Waals surface area contributed by atoms with Gasteiger partial charge in [0.1, 0.15) is 0 Å². The fourth-order valence-corrected chi connectivity index (χ4v) is 2.57. The summed E-state index contributed by atoms with van der Waals surface area (Å²) < 4.78 is 5.00. The van der Waals surface area contributed by atoms with Crippen LogP contribution < -0.4 is 0 Å². The third-order valence-electron chi connectivity index (χ3n) is 3.90. The van der Waals surface area contributed by atoms with E-state index in [9.17, 15) is 20.2 Å². The lowest BCUT2D eigenvalue weighted by molar-refractivity contribution is -0.528. The first-order valence-electron chi connectivity index (χ1n) is 7.64. The summed E-state index contributed by atoms with van der Waals surface area (Å²) >= 11 is 0. The van der Waals surface area contributed by atoms with E-state index in [0.717, 1.165) is 32.1 Å². The van der Waals surface area contributed by atoms with Crippen molar-refractivity contribution in [1.82, 2.24) is 5.16 Å². The smallest absolute Gasteiger partial charge is 0.334 e. The highest BCUT2D eigenvalue weighted by molar-refractivity contribution is 5.39. The quantitative estimate of drug-likeness (QED) is 0.366. The zero-order valence-electron chi connectivity index (χ0n) is 13.3. The summed E-state index contributed by atoms with van der Waals surface area (Å²) in [5, 5.41) is 25.9. The minimum atomic E-state index is -0.896. The molecule has 2 unspecified atom stereocenters. The predicted molar refractivity (Wildman–Crippen MR) is 80.5 cm³/mol. The molecule has 0 fully saturated rings. The average molecular weight is 313 g/mol. The Kier molecular flexibility index (Phi) is 6.94. The van der Waals surface area contributed by atoms with Crippen LogP contribution in [0, 0.1) is 27.2 Å². The Morgan fingerprint density at radius 3 is 2.36 bits per heavy atom. The van der Waals surface area contributed by atoms with Crippen molar-refractivity contribution >= 4 is 5.69 Å². The van der Waals surface area contributed by atoms with Crippen LogP contribution in [0.4, 0.5) is 5.69 Å². The van der Waals surface area contributed by atoms with Gasteiger partial charge in [-0.25, -0.2) is 0 Å². The van der Waals surface area contributed by atoms with Crippen molar-refractivity contribution in [3.05, 3.63) is 31.7 Å². The van der Waals surface area contributed by atoms with Gasteiger partial charge in [0.15, 0.2) is 5.69 Å². The highest BCUT2D eigenvalue weighted by Crippen LogP contribution is 2.33. The zero-order chi connectivity index (χ0) is 16.7. The molecule has 124 valence electrons. The summed E-state index contributed by atoms with van der Waals surface area (Å²) in [5.41, 5.74) is -0.0952. The molecule has 0 amide bonds. The van der Waals surface area contributed by atoms with Crippen molar-refractivity contribution in [2.24, 2.45) is 0 Å². The van der Waals surface area contributed by atoms with E-state index >= 15 is 0 Å². The number of aromatic nitrogens is 1. The van der Waals surface area contributed by atoms with Crippen LogP contribution in [-0.4, -0.2) is 21.0 Å². The van der Waals surface area contributed by atoms with E-state index in [4.69, 9.17) is 4.52 Å². The van der Waals surface area contributed by atoms with E-state index in [1.807, 2.05) is 0 Å². The lowest BCUT2D eigenvalue weighted by Crippen LogP contribution is -2.26. The maximum absolute atomic E-state index is 11.3. The molecule has 0 bridgehead atoms. The van der Waals surface area contributed by atoms with Crippen LogP contribution in [0.25, 0.3) is 0 Å². The maximum Gasteiger partial charge on any atom is 0.334 e. The van der Waals surface area contributed by atoms with Crippen LogP contribution in [0.5, 0.6) is 0 Å². The van der Waals surface area contributed by atoms with Gasteiger partial charge in [0.2, 0.25) is 11.8 Å². The van der Waals surface area contributed by atoms with Gasteiger partial charge in [0, 0.05) is 11.3 Å². The third-order valence-corrected chi connectivity index (χ3v) is 3.90. The summed E-state index contributed by atoms with van der Waals surface area (Å²) in [6.07, 6.45) is 5.33. The first kappa shape index (κ1) is 18.1. The second kappa shape index (κ2) is 8.45. The molecule has 0 radical (unpaired) electrons. The Hall–Kier alpha value is -1.99. The van der Waals surface area contributed by atoms with Crippen LogP contribution in [0.3, 0.4) is 0 Å². The van der Waals surface area contributed by atoms with Crippen LogP contribution in [-0.2, 0) is 0 Å².